The van der Waals surface area contributed by atoms with Crippen molar-refractivity contribution in [1.29, 1.82) is 0 Å². The summed E-state index contributed by atoms with van der Waals surface area (Å²) in [5, 5.41) is 22.7. The highest BCUT2D eigenvalue weighted by Gasteiger charge is 2.31. The van der Waals surface area contributed by atoms with E-state index in [9.17, 15) is 15.0 Å². The molecule has 1 unspecified atom stereocenters. The third-order valence-corrected chi connectivity index (χ3v) is 7.43. The minimum atomic E-state index is -0.808. The molecule has 6 rings (SSSR count). The molecule has 2 saturated heterocycles. The second-order valence-corrected chi connectivity index (χ2v) is 10.1. The third-order valence-electron chi connectivity index (χ3n) is 7.15. The number of halogens is 1. The van der Waals surface area contributed by atoms with E-state index in [-0.39, 0.29) is 31.0 Å². The summed E-state index contributed by atoms with van der Waals surface area (Å²) >= 11 is 6.58. The van der Waals surface area contributed by atoms with Gasteiger partial charge >= 0.3 is 0 Å². The SMILES string of the molecule is O=C1NCCC1c1ccc(-c2ccc(-c3nc4nc(O[C@H]5CO[C@H](CO)[C@@H](O)C5)[nH]c4cc3Cl)cc2)cc1. The summed E-state index contributed by atoms with van der Waals surface area (Å²) in [6, 6.07) is 18.1. The number of aliphatic hydroxyl groups is 2. The number of hydrogen-bond donors (Lipinski definition) is 4. The second kappa shape index (κ2) is 10.3. The summed E-state index contributed by atoms with van der Waals surface area (Å²) in [7, 11) is 0. The van der Waals surface area contributed by atoms with Crippen molar-refractivity contribution in [1.82, 2.24) is 20.3 Å². The first kappa shape index (κ1) is 24.8. The monoisotopic (exact) mass is 534 g/mol. The number of hydrogen-bond acceptors (Lipinski definition) is 7. The van der Waals surface area contributed by atoms with Crippen LogP contribution in [0.2, 0.25) is 5.02 Å². The number of ether oxygens (including phenoxy) is 2. The highest BCUT2D eigenvalue weighted by molar-refractivity contribution is 6.33. The molecule has 4 N–H and O–H groups in total. The standard InChI is InChI=1S/C28H27ClN4O5/c29-21-12-22-26(33-28(31-22)38-19-11-23(35)24(13-34)37-14-19)32-25(21)18-7-3-16(4-8-18)15-1-5-17(6-2-15)20-9-10-30-27(20)36/h1-8,12,19-20,23-24,34-35H,9-11,13-14H2,(H,30,36)(H,31,32,33)/t19-,20?,23+,24-/m1/s1. The molecule has 2 aromatic carbocycles. The van der Waals surface area contributed by atoms with Gasteiger partial charge in [0.2, 0.25) is 5.91 Å². The number of nitrogens with one attached hydrogen (secondary N) is 2. The van der Waals surface area contributed by atoms with Crippen molar-refractivity contribution < 1.29 is 24.5 Å². The van der Waals surface area contributed by atoms with Crippen molar-refractivity contribution >= 4 is 28.7 Å². The van der Waals surface area contributed by atoms with Crippen molar-refractivity contribution in [3.63, 3.8) is 0 Å². The number of carbonyl (C=O) groups is 1. The molecule has 2 aromatic heterocycles. The molecule has 196 valence electrons. The molecule has 2 aliphatic heterocycles. The number of carbonyl (C=O) groups excluding carboxylic acids is 1. The van der Waals surface area contributed by atoms with Crippen LogP contribution in [0.3, 0.4) is 0 Å². The van der Waals surface area contributed by atoms with Crippen LogP contribution in [0.5, 0.6) is 6.01 Å². The zero-order valence-corrected chi connectivity index (χ0v) is 21.2. The number of pyridine rings is 1. The fraction of sp³-hybridized carbons (Fsp3) is 0.321. The molecule has 0 spiro atoms. The number of aromatic amines is 1. The van der Waals surface area contributed by atoms with Crippen LogP contribution in [0.15, 0.2) is 54.6 Å². The summed E-state index contributed by atoms with van der Waals surface area (Å²) < 4.78 is 11.3. The number of imidazole rings is 1. The van der Waals surface area contributed by atoms with Crippen LogP contribution in [-0.4, -0.2) is 69.1 Å². The van der Waals surface area contributed by atoms with Crippen LogP contribution >= 0.6 is 11.6 Å². The maximum Gasteiger partial charge on any atom is 0.296 e. The molecule has 0 saturated carbocycles. The van der Waals surface area contributed by atoms with E-state index in [0.717, 1.165) is 35.2 Å². The first-order valence-corrected chi connectivity index (χ1v) is 13.0. The first-order valence-electron chi connectivity index (χ1n) is 12.6. The smallest absolute Gasteiger partial charge is 0.296 e. The molecule has 0 bridgehead atoms. The third kappa shape index (κ3) is 4.86. The van der Waals surface area contributed by atoms with E-state index in [2.05, 4.69) is 20.3 Å². The van der Waals surface area contributed by atoms with E-state index >= 15 is 0 Å². The van der Waals surface area contributed by atoms with Gasteiger partial charge in [0.05, 0.1) is 41.5 Å². The van der Waals surface area contributed by atoms with Gasteiger partial charge in [-0.05, 0) is 29.2 Å². The Morgan fingerprint density at radius 1 is 1.05 bits per heavy atom. The number of H-pyrrole nitrogens is 1. The van der Waals surface area contributed by atoms with Crippen molar-refractivity contribution in [3.05, 3.63) is 65.2 Å². The minimum Gasteiger partial charge on any atom is -0.459 e. The molecular formula is C28H27ClN4O5. The highest BCUT2D eigenvalue weighted by Crippen LogP contribution is 2.32. The number of rotatable bonds is 6. The molecule has 4 heterocycles. The predicted octanol–water partition coefficient (Wildman–Crippen LogP) is 3.44. The van der Waals surface area contributed by atoms with Crippen molar-refractivity contribution in [3.8, 4) is 28.4 Å². The average Bonchev–Trinajstić information content (AvgIpc) is 3.53. The Morgan fingerprint density at radius 3 is 2.42 bits per heavy atom. The van der Waals surface area contributed by atoms with E-state index in [1.165, 1.54) is 0 Å². The van der Waals surface area contributed by atoms with Crippen LogP contribution in [0, 0.1) is 0 Å². The Bertz CT molecular complexity index is 1460. The van der Waals surface area contributed by atoms with Gasteiger partial charge in [-0.15, -0.1) is 0 Å². The second-order valence-electron chi connectivity index (χ2n) is 9.66. The number of aliphatic hydroxyl groups excluding tert-OH is 2. The summed E-state index contributed by atoms with van der Waals surface area (Å²) in [5.74, 6) is 0.0285. The molecule has 10 heteroatoms. The quantitative estimate of drug-likeness (QED) is 0.298. The van der Waals surface area contributed by atoms with Gasteiger partial charge in [0, 0.05) is 18.5 Å². The van der Waals surface area contributed by atoms with Gasteiger partial charge in [0.1, 0.15) is 12.2 Å². The molecule has 0 radical (unpaired) electrons. The van der Waals surface area contributed by atoms with Gasteiger partial charge in [-0.3, -0.25) is 4.79 Å². The Labute approximate surface area is 223 Å². The summed E-state index contributed by atoms with van der Waals surface area (Å²) in [5.41, 5.74) is 5.69. The molecule has 2 fully saturated rings. The van der Waals surface area contributed by atoms with E-state index < -0.39 is 18.3 Å². The normalized spacial score (nSPS) is 23.5. The van der Waals surface area contributed by atoms with Crippen molar-refractivity contribution in [2.75, 3.05) is 19.8 Å². The molecule has 38 heavy (non-hydrogen) atoms. The maximum atomic E-state index is 12.0. The first-order chi connectivity index (χ1) is 18.5. The molecule has 9 nitrogen and oxygen atoms in total. The van der Waals surface area contributed by atoms with Gasteiger partial charge in [0.25, 0.3) is 6.01 Å². The van der Waals surface area contributed by atoms with E-state index in [0.29, 0.717) is 28.3 Å². The van der Waals surface area contributed by atoms with Crippen molar-refractivity contribution in [2.24, 2.45) is 0 Å². The zero-order valence-electron chi connectivity index (χ0n) is 20.4. The lowest BCUT2D eigenvalue weighted by Gasteiger charge is -2.31. The minimum absolute atomic E-state index is 0.0660. The van der Waals surface area contributed by atoms with Gasteiger partial charge in [-0.25, -0.2) is 4.98 Å². The van der Waals surface area contributed by atoms with Gasteiger partial charge in [0.15, 0.2) is 5.65 Å². The zero-order chi connectivity index (χ0) is 26.2. The van der Waals surface area contributed by atoms with E-state index in [4.69, 9.17) is 21.1 Å². The number of benzene rings is 2. The summed E-state index contributed by atoms with van der Waals surface area (Å²) in [4.78, 5) is 24.1. The number of fused-ring (bicyclic) bond motifs is 1. The molecule has 1 amide bonds. The van der Waals surface area contributed by atoms with Crippen LogP contribution in [0.1, 0.15) is 24.3 Å². The Morgan fingerprint density at radius 2 is 1.76 bits per heavy atom. The largest absolute Gasteiger partial charge is 0.459 e. The summed E-state index contributed by atoms with van der Waals surface area (Å²) in [6.07, 6.45) is -0.651. The van der Waals surface area contributed by atoms with Crippen LogP contribution in [-0.2, 0) is 9.53 Å². The van der Waals surface area contributed by atoms with Gasteiger partial charge in [-0.2, -0.15) is 4.98 Å². The molecular weight excluding hydrogens is 508 g/mol. The van der Waals surface area contributed by atoms with Crippen molar-refractivity contribution in [2.45, 2.75) is 37.1 Å². The molecule has 4 aromatic rings. The molecule has 0 aliphatic carbocycles. The lowest BCUT2D eigenvalue weighted by atomic mass is 9.95. The molecule has 4 atom stereocenters. The van der Waals surface area contributed by atoms with Crippen LogP contribution < -0.4 is 10.1 Å². The fourth-order valence-electron chi connectivity index (χ4n) is 5.04. The lowest BCUT2D eigenvalue weighted by molar-refractivity contribution is -0.131. The average molecular weight is 535 g/mol. The Balaban J connectivity index is 1.18. The number of nitrogens with zero attached hydrogens (tertiary/aromatic N) is 2. The molecule has 2 aliphatic rings. The maximum absolute atomic E-state index is 12.0. The lowest BCUT2D eigenvalue weighted by Crippen LogP contribution is -2.45. The predicted molar refractivity (Wildman–Crippen MR) is 142 cm³/mol. The fourth-order valence-corrected chi connectivity index (χ4v) is 5.30. The van der Waals surface area contributed by atoms with Gasteiger partial charge < -0.3 is 30.0 Å². The topological polar surface area (TPSA) is 130 Å². The Kier molecular flexibility index (Phi) is 6.75. The number of aromatic nitrogens is 3. The summed E-state index contributed by atoms with van der Waals surface area (Å²) in [6.45, 7) is 0.731. The van der Waals surface area contributed by atoms with Crippen LogP contribution in [0.25, 0.3) is 33.5 Å². The highest BCUT2D eigenvalue weighted by atomic mass is 35.5. The van der Waals surface area contributed by atoms with E-state index in [1.807, 2.05) is 48.5 Å². The number of amides is 1. The van der Waals surface area contributed by atoms with Crippen LogP contribution in [0.4, 0.5) is 0 Å². The van der Waals surface area contributed by atoms with Gasteiger partial charge in [-0.1, -0.05) is 60.1 Å². The Hall–Kier alpha value is -3.50. The van der Waals surface area contributed by atoms with E-state index in [1.54, 1.807) is 6.07 Å².